The largest absolute Gasteiger partial charge is 0.303 e. The molecule has 0 aromatic carbocycles. The first kappa shape index (κ1) is 14.1. The predicted molar refractivity (Wildman–Crippen MR) is 83.9 cm³/mol. The van der Waals surface area contributed by atoms with E-state index in [1.54, 1.807) is 6.20 Å². The Labute approximate surface area is 126 Å². The van der Waals surface area contributed by atoms with E-state index in [2.05, 4.69) is 19.9 Å². The summed E-state index contributed by atoms with van der Waals surface area (Å²) in [5, 5.41) is 0. The molecule has 0 unspecified atom stereocenters. The van der Waals surface area contributed by atoms with Gasteiger partial charge in [-0.15, -0.1) is 0 Å². The average Bonchev–Trinajstić information content (AvgIpc) is 3.06. The van der Waals surface area contributed by atoms with Crippen molar-refractivity contribution in [3.05, 3.63) is 42.6 Å². The molecule has 2 aromatic heterocycles. The maximum absolute atomic E-state index is 4.46. The molecule has 0 atom stereocenters. The fourth-order valence-electron chi connectivity index (χ4n) is 2.77. The second kappa shape index (κ2) is 7.27. The Kier molecular flexibility index (Phi) is 4.90. The number of nitrogens with zero attached hydrogens (tertiary/aromatic N) is 4. The van der Waals surface area contributed by atoms with Crippen LogP contribution < -0.4 is 0 Å². The normalized spacial score (nSPS) is 15.4. The Bertz CT molecular complexity index is 532. The minimum absolute atomic E-state index is 0.929. The number of aryl methyl sites for hydroxylation is 1. The van der Waals surface area contributed by atoms with E-state index in [9.17, 15) is 0 Å². The Morgan fingerprint density at radius 3 is 2.48 bits per heavy atom. The molecular formula is C17H22N4. The molecule has 2 aromatic rings. The van der Waals surface area contributed by atoms with Crippen molar-refractivity contribution in [3.8, 4) is 11.3 Å². The van der Waals surface area contributed by atoms with Crippen molar-refractivity contribution in [2.75, 3.05) is 19.6 Å². The second-order valence-corrected chi connectivity index (χ2v) is 5.61. The molecule has 3 rings (SSSR count). The molecule has 1 saturated heterocycles. The summed E-state index contributed by atoms with van der Waals surface area (Å²) in [6.07, 6.45) is 11.7. The molecule has 1 fully saturated rings. The number of likely N-dealkylation sites (tertiary alicyclic amines) is 1. The third-order valence-electron chi connectivity index (χ3n) is 3.99. The number of hydrogen-bond acceptors (Lipinski definition) is 4. The van der Waals surface area contributed by atoms with Gasteiger partial charge in [-0.1, -0.05) is 6.07 Å². The molecule has 0 saturated carbocycles. The molecule has 21 heavy (non-hydrogen) atoms. The zero-order valence-corrected chi connectivity index (χ0v) is 12.4. The zero-order valence-electron chi connectivity index (χ0n) is 12.4. The van der Waals surface area contributed by atoms with Gasteiger partial charge in [0.25, 0.3) is 0 Å². The van der Waals surface area contributed by atoms with Crippen LogP contribution >= 0.6 is 0 Å². The highest BCUT2D eigenvalue weighted by molar-refractivity contribution is 5.55. The van der Waals surface area contributed by atoms with Gasteiger partial charge in [-0.2, -0.15) is 0 Å². The summed E-state index contributed by atoms with van der Waals surface area (Å²) < 4.78 is 0. The first-order chi connectivity index (χ1) is 10.4. The van der Waals surface area contributed by atoms with E-state index in [0.29, 0.717) is 0 Å². The number of aromatic nitrogens is 3. The standard InChI is InChI=1S/C17H22N4/c1-3-9-18-16(7-1)15-13-19-17(20-14-15)8-2-4-10-21-11-5-6-12-21/h1,3,7,9,13-14H,2,4-6,8,10-12H2. The van der Waals surface area contributed by atoms with E-state index in [1.165, 1.54) is 45.3 Å². The van der Waals surface area contributed by atoms with Crippen molar-refractivity contribution in [2.45, 2.75) is 32.1 Å². The van der Waals surface area contributed by atoms with Crippen LogP contribution in [-0.2, 0) is 6.42 Å². The number of rotatable bonds is 6. The SMILES string of the molecule is c1ccc(-c2cnc(CCCCN3CCCC3)nc2)nc1. The van der Waals surface area contributed by atoms with Gasteiger partial charge in [-0.3, -0.25) is 4.98 Å². The van der Waals surface area contributed by atoms with Crippen LogP contribution in [0.3, 0.4) is 0 Å². The minimum Gasteiger partial charge on any atom is -0.303 e. The Morgan fingerprint density at radius 2 is 1.76 bits per heavy atom. The summed E-state index contributed by atoms with van der Waals surface area (Å²) in [6, 6.07) is 5.88. The molecule has 0 bridgehead atoms. The van der Waals surface area contributed by atoms with Gasteiger partial charge >= 0.3 is 0 Å². The molecule has 4 nitrogen and oxygen atoms in total. The van der Waals surface area contributed by atoms with Crippen molar-refractivity contribution < 1.29 is 0 Å². The van der Waals surface area contributed by atoms with Gasteiger partial charge in [0.2, 0.25) is 0 Å². The summed E-state index contributed by atoms with van der Waals surface area (Å²) in [7, 11) is 0. The third kappa shape index (κ3) is 4.08. The summed E-state index contributed by atoms with van der Waals surface area (Å²) in [6.45, 7) is 3.80. The van der Waals surface area contributed by atoms with Gasteiger partial charge in [0.15, 0.2) is 0 Å². The van der Waals surface area contributed by atoms with Crippen LogP contribution in [0.5, 0.6) is 0 Å². The molecule has 0 aliphatic carbocycles. The van der Waals surface area contributed by atoms with Gasteiger partial charge < -0.3 is 4.90 Å². The highest BCUT2D eigenvalue weighted by Gasteiger charge is 2.10. The Morgan fingerprint density at radius 1 is 0.952 bits per heavy atom. The summed E-state index contributed by atoms with van der Waals surface area (Å²) >= 11 is 0. The summed E-state index contributed by atoms with van der Waals surface area (Å²) in [4.78, 5) is 15.8. The van der Waals surface area contributed by atoms with Gasteiger partial charge in [-0.25, -0.2) is 9.97 Å². The zero-order chi connectivity index (χ0) is 14.3. The van der Waals surface area contributed by atoms with Crippen LogP contribution in [0.2, 0.25) is 0 Å². The molecule has 0 amide bonds. The first-order valence-electron chi connectivity index (χ1n) is 7.86. The fourth-order valence-corrected chi connectivity index (χ4v) is 2.77. The van der Waals surface area contributed by atoms with Crippen molar-refractivity contribution in [1.29, 1.82) is 0 Å². The molecule has 4 heteroatoms. The minimum atomic E-state index is 0.929. The lowest BCUT2D eigenvalue weighted by atomic mass is 10.2. The summed E-state index contributed by atoms with van der Waals surface area (Å²) in [5.74, 6) is 0.941. The van der Waals surface area contributed by atoms with Crippen LogP contribution in [0.4, 0.5) is 0 Å². The van der Waals surface area contributed by atoms with E-state index < -0.39 is 0 Å². The molecule has 3 heterocycles. The van der Waals surface area contributed by atoms with Gasteiger partial charge in [0.05, 0.1) is 5.69 Å². The monoisotopic (exact) mass is 282 g/mol. The van der Waals surface area contributed by atoms with Gasteiger partial charge in [0.1, 0.15) is 5.82 Å². The van der Waals surface area contributed by atoms with Crippen molar-refractivity contribution in [1.82, 2.24) is 19.9 Å². The van der Waals surface area contributed by atoms with Crippen LogP contribution in [-0.4, -0.2) is 39.5 Å². The quantitative estimate of drug-likeness (QED) is 0.764. The van der Waals surface area contributed by atoms with E-state index >= 15 is 0 Å². The highest BCUT2D eigenvalue weighted by Crippen LogP contribution is 2.14. The Balaban J connectivity index is 1.46. The van der Waals surface area contributed by atoms with Gasteiger partial charge in [0, 0.05) is 30.6 Å². The number of hydrogen-bond donors (Lipinski definition) is 0. The second-order valence-electron chi connectivity index (χ2n) is 5.61. The topological polar surface area (TPSA) is 41.9 Å². The molecule has 0 radical (unpaired) electrons. The molecule has 0 spiro atoms. The lowest BCUT2D eigenvalue weighted by Gasteiger charge is -2.13. The maximum Gasteiger partial charge on any atom is 0.128 e. The highest BCUT2D eigenvalue weighted by atomic mass is 15.1. The first-order valence-corrected chi connectivity index (χ1v) is 7.86. The van der Waals surface area contributed by atoms with E-state index in [1.807, 2.05) is 30.6 Å². The molecule has 0 N–H and O–H groups in total. The average molecular weight is 282 g/mol. The number of pyridine rings is 1. The summed E-state index contributed by atoms with van der Waals surface area (Å²) in [5.41, 5.74) is 1.91. The smallest absolute Gasteiger partial charge is 0.128 e. The lowest BCUT2D eigenvalue weighted by molar-refractivity contribution is 0.330. The fraction of sp³-hybridized carbons (Fsp3) is 0.471. The van der Waals surface area contributed by atoms with Crippen molar-refractivity contribution in [2.24, 2.45) is 0 Å². The van der Waals surface area contributed by atoms with Crippen LogP contribution in [0.25, 0.3) is 11.3 Å². The number of unbranched alkanes of at least 4 members (excludes halogenated alkanes) is 1. The Hall–Kier alpha value is -1.81. The lowest BCUT2D eigenvalue weighted by Crippen LogP contribution is -2.20. The van der Waals surface area contributed by atoms with Crippen molar-refractivity contribution >= 4 is 0 Å². The third-order valence-corrected chi connectivity index (χ3v) is 3.99. The van der Waals surface area contributed by atoms with E-state index in [-0.39, 0.29) is 0 Å². The van der Waals surface area contributed by atoms with Crippen LogP contribution in [0.15, 0.2) is 36.8 Å². The molecule has 1 aliphatic heterocycles. The molecule has 1 aliphatic rings. The van der Waals surface area contributed by atoms with Gasteiger partial charge in [-0.05, 0) is 57.5 Å². The molecule has 110 valence electrons. The van der Waals surface area contributed by atoms with Crippen LogP contribution in [0.1, 0.15) is 31.5 Å². The van der Waals surface area contributed by atoms with Crippen molar-refractivity contribution in [3.63, 3.8) is 0 Å². The molecular weight excluding hydrogens is 260 g/mol. The predicted octanol–water partition coefficient (Wildman–Crippen LogP) is 2.96. The van der Waals surface area contributed by atoms with Crippen LogP contribution in [0, 0.1) is 0 Å². The van der Waals surface area contributed by atoms with E-state index in [4.69, 9.17) is 0 Å². The van der Waals surface area contributed by atoms with E-state index in [0.717, 1.165) is 23.5 Å². The maximum atomic E-state index is 4.46.